The lowest BCUT2D eigenvalue weighted by molar-refractivity contribution is -0.127. The first-order valence-corrected chi connectivity index (χ1v) is 12.2. The predicted octanol–water partition coefficient (Wildman–Crippen LogP) is 3.70. The van der Waals surface area contributed by atoms with Crippen LogP contribution in [-0.4, -0.2) is 37.8 Å². The fourth-order valence-electron chi connectivity index (χ4n) is 5.86. The van der Waals surface area contributed by atoms with Gasteiger partial charge in [-0.05, 0) is 67.1 Å². The average Bonchev–Trinajstić information content (AvgIpc) is 3.03. The van der Waals surface area contributed by atoms with Crippen molar-refractivity contribution in [1.29, 1.82) is 0 Å². The molecule has 1 aromatic rings. The van der Waals surface area contributed by atoms with Crippen LogP contribution in [0, 0.1) is 34.3 Å². The number of benzene rings is 1. The normalized spacial score (nSPS) is 31.8. The summed E-state index contributed by atoms with van der Waals surface area (Å²) >= 11 is 0. The highest BCUT2D eigenvalue weighted by Crippen LogP contribution is 2.65. The highest BCUT2D eigenvalue weighted by molar-refractivity contribution is 7.89. The Morgan fingerprint density at radius 2 is 1.77 bits per heavy atom. The first kappa shape index (κ1) is 21.7. The monoisotopic (exact) mass is 440 g/mol. The molecule has 2 aliphatic carbocycles. The van der Waals surface area contributed by atoms with Crippen LogP contribution in [0.4, 0.5) is 8.78 Å². The number of carbonyl (C=O) groups excluding carboxylic acids is 1. The molecule has 166 valence electrons. The largest absolute Gasteiger partial charge is 0.353 e. The summed E-state index contributed by atoms with van der Waals surface area (Å²) in [5.74, 6) is -1.85. The van der Waals surface area contributed by atoms with Crippen molar-refractivity contribution in [3.8, 4) is 0 Å². The molecule has 1 aromatic carbocycles. The van der Waals surface area contributed by atoms with Gasteiger partial charge >= 0.3 is 0 Å². The van der Waals surface area contributed by atoms with E-state index >= 15 is 0 Å². The van der Waals surface area contributed by atoms with Crippen LogP contribution in [-0.2, 0) is 14.8 Å². The van der Waals surface area contributed by atoms with E-state index in [2.05, 4.69) is 26.1 Å². The van der Waals surface area contributed by atoms with Crippen molar-refractivity contribution in [3.63, 3.8) is 0 Å². The summed E-state index contributed by atoms with van der Waals surface area (Å²) in [6, 6.07) is 2.77. The van der Waals surface area contributed by atoms with Crippen molar-refractivity contribution in [3.05, 3.63) is 29.8 Å². The van der Waals surface area contributed by atoms with Crippen molar-refractivity contribution in [1.82, 2.24) is 9.62 Å². The summed E-state index contributed by atoms with van der Waals surface area (Å²) in [5.41, 5.74) is 0.316. The number of rotatable bonds is 4. The minimum absolute atomic E-state index is 0.00875. The standard InChI is InChI=1S/C22H30F2N2O3S/c1-21(2)15-6-9-22(21,3)19(12-15)25-20(27)14-7-10-26(11-8-14)30(28,29)16-4-5-17(23)18(24)13-16/h4-5,13-15,19H,6-12H2,1-3H3,(H,25,27)/t15-,19+,22+/m1/s1. The van der Waals surface area contributed by atoms with Gasteiger partial charge in [-0.15, -0.1) is 0 Å². The number of nitrogens with zero attached hydrogens (tertiary/aromatic N) is 1. The van der Waals surface area contributed by atoms with Crippen LogP contribution in [0.25, 0.3) is 0 Å². The van der Waals surface area contributed by atoms with E-state index in [1.54, 1.807) is 0 Å². The third kappa shape index (κ3) is 3.27. The molecule has 0 aromatic heterocycles. The van der Waals surface area contributed by atoms with Crippen molar-refractivity contribution >= 4 is 15.9 Å². The van der Waals surface area contributed by atoms with Gasteiger partial charge in [0.15, 0.2) is 11.6 Å². The fraction of sp³-hybridized carbons (Fsp3) is 0.682. The van der Waals surface area contributed by atoms with E-state index in [1.807, 2.05) is 0 Å². The van der Waals surface area contributed by atoms with E-state index in [4.69, 9.17) is 0 Å². The Morgan fingerprint density at radius 3 is 2.30 bits per heavy atom. The Balaban J connectivity index is 1.38. The lowest BCUT2D eigenvalue weighted by atomic mass is 9.69. The molecule has 1 N–H and O–H groups in total. The lowest BCUT2D eigenvalue weighted by Crippen LogP contribution is -2.50. The molecule has 1 aliphatic heterocycles. The maximum absolute atomic E-state index is 13.5. The van der Waals surface area contributed by atoms with Crippen LogP contribution in [0.1, 0.15) is 52.9 Å². The minimum Gasteiger partial charge on any atom is -0.353 e. The fourth-order valence-corrected chi connectivity index (χ4v) is 7.34. The molecule has 1 saturated heterocycles. The molecule has 1 heterocycles. The van der Waals surface area contributed by atoms with Crippen molar-refractivity contribution in [2.24, 2.45) is 22.7 Å². The molecule has 30 heavy (non-hydrogen) atoms. The van der Waals surface area contributed by atoms with Crippen LogP contribution in [0.15, 0.2) is 23.1 Å². The van der Waals surface area contributed by atoms with Gasteiger partial charge < -0.3 is 5.32 Å². The molecule has 0 radical (unpaired) electrons. The Labute approximate surface area is 177 Å². The second kappa shape index (κ2) is 7.26. The Bertz CT molecular complexity index is 957. The smallest absolute Gasteiger partial charge is 0.243 e. The molecule has 3 atom stereocenters. The van der Waals surface area contributed by atoms with E-state index in [9.17, 15) is 22.0 Å². The third-order valence-corrected chi connectivity index (χ3v) is 10.4. The number of amides is 1. The van der Waals surface area contributed by atoms with Gasteiger partial charge in [0.1, 0.15) is 0 Å². The van der Waals surface area contributed by atoms with Crippen LogP contribution in [0.5, 0.6) is 0 Å². The summed E-state index contributed by atoms with van der Waals surface area (Å²) in [6.45, 7) is 7.27. The van der Waals surface area contributed by atoms with Gasteiger partial charge in [0.05, 0.1) is 4.90 Å². The van der Waals surface area contributed by atoms with E-state index in [0.29, 0.717) is 24.8 Å². The Kier molecular flexibility index (Phi) is 5.25. The Morgan fingerprint density at radius 1 is 1.10 bits per heavy atom. The van der Waals surface area contributed by atoms with Gasteiger partial charge in [0.2, 0.25) is 15.9 Å². The predicted molar refractivity (Wildman–Crippen MR) is 109 cm³/mol. The van der Waals surface area contributed by atoms with E-state index in [0.717, 1.165) is 25.0 Å². The molecule has 0 spiro atoms. The van der Waals surface area contributed by atoms with Crippen LogP contribution >= 0.6 is 0 Å². The first-order chi connectivity index (χ1) is 14.0. The number of nitrogens with one attached hydrogen (secondary N) is 1. The summed E-state index contributed by atoms with van der Waals surface area (Å²) in [6.07, 6.45) is 4.20. The van der Waals surface area contributed by atoms with Gasteiger partial charge in [-0.25, -0.2) is 17.2 Å². The van der Waals surface area contributed by atoms with Crippen LogP contribution in [0.2, 0.25) is 0 Å². The maximum atomic E-state index is 13.5. The molecule has 8 heteroatoms. The molecule has 3 aliphatic rings. The number of sulfonamides is 1. The number of carbonyl (C=O) groups is 1. The number of halogens is 2. The van der Waals surface area contributed by atoms with E-state index in [1.165, 1.54) is 10.7 Å². The van der Waals surface area contributed by atoms with Crippen LogP contribution < -0.4 is 5.32 Å². The number of piperidine rings is 1. The van der Waals surface area contributed by atoms with Crippen molar-refractivity contribution in [2.45, 2.75) is 63.8 Å². The molecule has 2 bridgehead atoms. The van der Waals surface area contributed by atoms with Crippen molar-refractivity contribution in [2.75, 3.05) is 13.1 Å². The van der Waals surface area contributed by atoms with E-state index in [-0.39, 0.29) is 46.7 Å². The summed E-state index contributed by atoms with van der Waals surface area (Å²) in [7, 11) is -3.91. The molecule has 4 rings (SSSR count). The molecule has 1 amide bonds. The van der Waals surface area contributed by atoms with Crippen LogP contribution in [0.3, 0.4) is 0 Å². The zero-order valence-corrected chi connectivity index (χ0v) is 18.6. The first-order valence-electron chi connectivity index (χ1n) is 10.7. The van der Waals surface area contributed by atoms with Gasteiger partial charge in [-0.2, -0.15) is 4.31 Å². The topological polar surface area (TPSA) is 66.5 Å². The van der Waals surface area contributed by atoms with Gasteiger partial charge in [0.25, 0.3) is 0 Å². The zero-order chi connectivity index (χ0) is 21.9. The molecule has 5 nitrogen and oxygen atoms in total. The van der Waals surface area contributed by atoms with Gasteiger partial charge in [0, 0.05) is 25.0 Å². The molecular formula is C22H30F2N2O3S. The minimum atomic E-state index is -3.91. The number of fused-ring (bicyclic) bond motifs is 2. The SMILES string of the molecule is CC1(C)[C@@H]2CC[C@@]1(C)[C@@H](NC(=O)C1CCN(S(=O)(=O)c3ccc(F)c(F)c3)CC1)C2. The lowest BCUT2D eigenvalue weighted by Gasteiger charge is -2.40. The summed E-state index contributed by atoms with van der Waals surface area (Å²) in [4.78, 5) is 12.7. The van der Waals surface area contributed by atoms with Gasteiger partial charge in [-0.1, -0.05) is 20.8 Å². The highest BCUT2D eigenvalue weighted by atomic mass is 32.2. The molecule has 2 saturated carbocycles. The quantitative estimate of drug-likeness (QED) is 0.777. The molecule has 0 unspecified atom stereocenters. The second-order valence-electron chi connectivity index (χ2n) is 9.93. The van der Waals surface area contributed by atoms with E-state index < -0.39 is 21.7 Å². The average molecular weight is 441 g/mol. The number of hydrogen-bond donors (Lipinski definition) is 1. The highest BCUT2D eigenvalue weighted by Gasteiger charge is 2.61. The summed E-state index contributed by atoms with van der Waals surface area (Å²) < 4.78 is 53.4. The van der Waals surface area contributed by atoms with Crippen molar-refractivity contribution < 1.29 is 22.0 Å². The van der Waals surface area contributed by atoms with Gasteiger partial charge in [-0.3, -0.25) is 4.79 Å². The maximum Gasteiger partial charge on any atom is 0.243 e. The third-order valence-electron chi connectivity index (χ3n) is 8.46. The second-order valence-corrected chi connectivity index (χ2v) is 11.9. The Hall–Kier alpha value is -1.54. The molecular weight excluding hydrogens is 410 g/mol. The molecule has 3 fully saturated rings. The number of hydrogen-bond acceptors (Lipinski definition) is 3. The summed E-state index contributed by atoms with van der Waals surface area (Å²) in [5, 5.41) is 3.28. The zero-order valence-electron chi connectivity index (χ0n) is 17.7.